The van der Waals surface area contributed by atoms with E-state index < -0.39 is 0 Å². The van der Waals surface area contributed by atoms with Crippen molar-refractivity contribution in [3.8, 4) is 45.5 Å². The summed E-state index contributed by atoms with van der Waals surface area (Å²) >= 11 is 0. The third-order valence-corrected chi connectivity index (χ3v) is 9.34. The van der Waals surface area contributed by atoms with Crippen LogP contribution in [-0.2, 0) is 0 Å². The van der Waals surface area contributed by atoms with Crippen LogP contribution in [0.1, 0.15) is 0 Å². The summed E-state index contributed by atoms with van der Waals surface area (Å²) in [7, 11) is 0. The Balaban J connectivity index is 1.32. The number of aromatic nitrogens is 7. The second-order valence-corrected chi connectivity index (χ2v) is 12.2. The molecule has 0 atom stereocenters. The molecule has 0 unspecified atom stereocenters. The Labute approximate surface area is 286 Å². The predicted octanol–water partition coefficient (Wildman–Crippen LogP) is 9.86. The lowest BCUT2D eigenvalue weighted by atomic mass is 10.0. The molecule has 50 heavy (non-hydrogen) atoms. The second kappa shape index (κ2) is 11.3. The molecule has 0 N–H and O–H groups in total. The van der Waals surface area contributed by atoms with Crippen molar-refractivity contribution in [1.29, 1.82) is 0 Å². The summed E-state index contributed by atoms with van der Waals surface area (Å²) in [5, 5.41) is 13.3. The number of benzene rings is 6. The van der Waals surface area contributed by atoms with E-state index in [0.29, 0.717) is 23.2 Å². The summed E-state index contributed by atoms with van der Waals surface area (Å²) in [6.07, 6.45) is 1.74. The van der Waals surface area contributed by atoms with Crippen molar-refractivity contribution >= 4 is 43.7 Å². The molecule has 0 saturated heterocycles. The molecular weight excluding hydrogens is 615 g/mol. The van der Waals surface area contributed by atoms with Crippen molar-refractivity contribution in [3.05, 3.63) is 164 Å². The van der Waals surface area contributed by atoms with Gasteiger partial charge in [0.15, 0.2) is 17.3 Å². The first kappa shape index (κ1) is 28.1. The fourth-order valence-electron chi connectivity index (χ4n) is 7.13. The van der Waals surface area contributed by atoms with Gasteiger partial charge in [-0.2, -0.15) is 15.1 Å². The van der Waals surface area contributed by atoms with E-state index in [4.69, 9.17) is 20.1 Å². The van der Waals surface area contributed by atoms with Gasteiger partial charge in [-0.15, -0.1) is 5.10 Å². The molecule has 4 aromatic heterocycles. The summed E-state index contributed by atoms with van der Waals surface area (Å²) < 4.78 is 4.39. The number of para-hydroxylation sites is 2. The van der Waals surface area contributed by atoms with Crippen LogP contribution in [0, 0.1) is 0 Å². The summed E-state index contributed by atoms with van der Waals surface area (Å²) in [6, 6.07) is 54.2. The van der Waals surface area contributed by atoms with Gasteiger partial charge >= 0.3 is 0 Å². The van der Waals surface area contributed by atoms with Crippen LogP contribution >= 0.6 is 0 Å². The first-order chi connectivity index (χ1) is 24.8. The Kier molecular flexibility index (Phi) is 6.35. The highest BCUT2D eigenvalue weighted by Gasteiger charge is 2.24. The molecular formula is C43H27N7. The van der Waals surface area contributed by atoms with Crippen molar-refractivity contribution < 1.29 is 0 Å². The van der Waals surface area contributed by atoms with Gasteiger partial charge in [-0.1, -0.05) is 115 Å². The van der Waals surface area contributed by atoms with Gasteiger partial charge in [0.1, 0.15) is 0 Å². The van der Waals surface area contributed by atoms with Gasteiger partial charge in [0.05, 0.1) is 22.7 Å². The third-order valence-electron chi connectivity index (χ3n) is 9.34. The lowest BCUT2D eigenvalue weighted by molar-refractivity contribution is 0.928. The second-order valence-electron chi connectivity index (χ2n) is 12.2. The van der Waals surface area contributed by atoms with Gasteiger partial charge in [0, 0.05) is 38.4 Å². The van der Waals surface area contributed by atoms with E-state index in [2.05, 4.69) is 123 Å². The van der Waals surface area contributed by atoms with Gasteiger partial charge in [0.2, 0.25) is 5.95 Å². The summed E-state index contributed by atoms with van der Waals surface area (Å²) in [4.78, 5) is 15.5. The topological polar surface area (TPSA) is 74.3 Å². The van der Waals surface area contributed by atoms with Gasteiger partial charge < -0.3 is 4.57 Å². The monoisotopic (exact) mass is 641 g/mol. The smallest absolute Gasteiger partial charge is 0.240 e. The van der Waals surface area contributed by atoms with Crippen LogP contribution in [0.5, 0.6) is 0 Å². The Bertz CT molecular complexity index is 2860. The maximum Gasteiger partial charge on any atom is 0.240 e. The highest BCUT2D eigenvalue weighted by atomic mass is 15.3. The molecule has 10 rings (SSSR count). The van der Waals surface area contributed by atoms with Crippen LogP contribution in [0.2, 0.25) is 0 Å². The average molecular weight is 642 g/mol. The van der Waals surface area contributed by atoms with E-state index in [0.717, 1.165) is 66.0 Å². The van der Waals surface area contributed by atoms with Gasteiger partial charge in [-0.3, -0.25) is 4.57 Å². The summed E-state index contributed by atoms with van der Waals surface area (Å²) in [5.74, 6) is 1.63. The molecule has 6 aromatic carbocycles. The molecule has 4 heterocycles. The summed E-state index contributed by atoms with van der Waals surface area (Å²) in [5.41, 5.74) is 8.94. The van der Waals surface area contributed by atoms with Gasteiger partial charge in [0.25, 0.3) is 0 Å². The molecule has 0 aliphatic heterocycles. The van der Waals surface area contributed by atoms with Crippen LogP contribution in [0.15, 0.2) is 164 Å². The van der Waals surface area contributed by atoms with Crippen LogP contribution in [0.3, 0.4) is 0 Å². The minimum atomic E-state index is 0.475. The predicted molar refractivity (Wildman–Crippen MR) is 200 cm³/mol. The minimum absolute atomic E-state index is 0.475. The Morgan fingerprint density at radius 3 is 1.88 bits per heavy atom. The third kappa shape index (κ3) is 4.41. The fourth-order valence-corrected chi connectivity index (χ4v) is 7.13. The quantitative estimate of drug-likeness (QED) is 0.187. The van der Waals surface area contributed by atoms with E-state index in [1.807, 2.05) is 48.5 Å². The van der Waals surface area contributed by atoms with Gasteiger partial charge in [-0.25, -0.2) is 4.98 Å². The van der Waals surface area contributed by atoms with Crippen molar-refractivity contribution in [2.24, 2.45) is 0 Å². The molecule has 0 fully saturated rings. The van der Waals surface area contributed by atoms with Crippen molar-refractivity contribution in [2.45, 2.75) is 0 Å². The molecule has 0 aliphatic rings. The lowest BCUT2D eigenvalue weighted by Crippen LogP contribution is -2.07. The first-order valence-corrected chi connectivity index (χ1v) is 16.5. The molecule has 0 spiro atoms. The standard InChI is InChI=1S/C43H27N7/c1-4-13-28(14-5-1)30-17-12-18-31(27-30)41-45-40(29-15-6-2-7-16-29)46-43(47-41)50-39-33(34-25-26-44-48-42(34)50)23-24-37-38(39)35-21-10-11-22-36(35)49(37)32-19-8-3-9-20-32/h1-27H. The number of fused-ring (bicyclic) bond motifs is 7. The zero-order valence-electron chi connectivity index (χ0n) is 26.7. The fraction of sp³-hybridized carbons (Fsp3) is 0. The van der Waals surface area contributed by atoms with E-state index in [1.165, 1.54) is 0 Å². The van der Waals surface area contributed by atoms with Crippen LogP contribution in [0.25, 0.3) is 89.3 Å². The van der Waals surface area contributed by atoms with E-state index >= 15 is 0 Å². The number of hydrogen-bond acceptors (Lipinski definition) is 5. The number of hydrogen-bond donors (Lipinski definition) is 0. The normalized spacial score (nSPS) is 11.6. The molecule has 0 radical (unpaired) electrons. The SMILES string of the molecule is c1ccc(-c2cccc(-c3nc(-c4ccccc4)nc(-n4c5nnccc5c5ccc6c(c7ccccc7n6-c6ccccc6)c54)n3)c2)cc1. The van der Waals surface area contributed by atoms with Crippen molar-refractivity contribution in [1.82, 2.24) is 34.3 Å². The molecule has 10 aromatic rings. The number of rotatable bonds is 5. The average Bonchev–Trinajstić information content (AvgIpc) is 3.72. The van der Waals surface area contributed by atoms with Crippen LogP contribution in [0.4, 0.5) is 0 Å². The Hall–Kier alpha value is -6.99. The van der Waals surface area contributed by atoms with E-state index in [-0.39, 0.29) is 0 Å². The molecule has 0 bridgehead atoms. The van der Waals surface area contributed by atoms with E-state index in [1.54, 1.807) is 6.20 Å². The maximum absolute atomic E-state index is 5.22. The highest BCUT2D eigenvalue weighted by molar-refractivity contribution is 6.25. The van der Waals surface area contributed by atoms with Crippen molar-refractivity contribution in [2.75, 3.05) is 0 Å². The molecule has 7 nitrogen and oxygen atoms in total. The molecule has 0 amide bonds. The zero-order valence-corrected chi connectivity index (χ0v) is 26.7. The highest BCUT2D eigenvalue weighted by Crippen LogP contribution is 2.41. The molecule has 0 saturated carbocycles. The summed E-state index contributed by atoms with van der Waals surface area (Å²) in [6.45, 7) is 0. The minimum Gasteiger partial charge on any atom is -0.309 e. The van der Waals surface area contributed by atoms with Crippen LogP contribution in [-0.4, -0.2) is 34.3 Å². The Morgan fingerprint density at radius 2 is 1.08 bits per heavy atom. The molecule has 7 heteroatoms. The first-order valence-electron chi connectivity index (χ1n) is 16.5. The zero-order chi connectivity index (χ0) is 33.0. The van der Waals surface area contributed by atoms with E-state index in [9.17, 15) is 0 Å². The van der Waals surface area contributed by atoms with Crippen LogP contribution < -0.4 is 0 Å². The van der Waals surface area contributed by atoms with Crippen molar-refractivity contribution in [3.63, 3.8) is 0 Å². The maximum atomic E-state index is 5.22. The molecule has 234 valence electrons. The lowest BCUT2D eigenvalue weighted by Gasteiger charge is -2.12. The van der Waals surface area contributed by atoms with Gasteiger partial charge in [-0.05, 0) is 53.6 Å². The Morgan fingerprint density at radius 1 is 0.420 bits per heavy atom. The number of nitrogens with zero attached hydrogens (tertiary/aromatic N) is 7. The largest absolute Gasteiger partial charge is 0.309 e. The molecule has 0 aliphatic carbocycles.